The van der Waals surface area contributed by atoms with Crippen LogP contribution < -0.4 is 10.6 Å². The minimum atomic E-state index is -0.369. The van der Waals surface area contributed by atoms with Gasteiger partial charge in [0.2, 0.25) is 5.91 Å². The van der Waals surface area contributed by atoms with Crippen LogP contribution in [-0.2, 0) is 4.79 Å². The van der Waals surface area contributed by atoms with Gasteiger partial charge in [0.05, 0.1) is 5.41 Å². The molecule has 1 fully saturated rings. The Kier molecular flexibility index (Phi) is 5.74. The minimum absolute atomic E-state index is 0.168. The smallest absolute Gasteiger partial charge is 0.226 e. The summed E-state index contributed by atoms with van der Waals surface area (Å²) in [5, 5.41) is 6.72. The van der Waals surface area contributed by atoms with Crippen molar-refractivity contribution in [2.45, 2.75) is 52.5 Å². The number of rotatable bonds is 5. The van der Waals surface area contributed by atoms with Crippen LogP contribution >= 0.6 is 0 Å². The van der Waals surface area contributed by atoms with Crippen molar-refractivity contribution in [3.05, 3.63) is 43.0 Å². The Morgan fingerprint density at radius 1 is 1.29 bits per heavy atom. The molecule has 0 aromatic heterocycles. The largest absolute Gasteiger partial charge is 0.385 e. The molecule has 24 heavy (non-hydrogen) atoms. The fourth-order valence-electron chi connectivity index (χ4n) is 3.63. The zero-order chi connectivity index (χ0) is 17.8. The van der Waals surface area contributed by atoms with Gasteiger partial charge in [-0.05, 0) is 64.0 Å². The van der Waals surface area contributed by atoms with Crippen LogP contribution in [0.5, 0.6) is 0 Å². The van der Waals surface area contributed by atoms with E-state index in [9.17, 15) is 4.79 Å². The average molecular weight is 329 g/mol. The van der Waals surface area contributed by atoms with Crippen LogP contribution in [0.3, 0.4) is 0 Å². The topological polar surface area (TPSA) is 41.1 Å². The highest BCUT2D eigenvalue weighted by molar-refractivity contribution is 5.83. The van der Waals surface area contributed by atoms with Gasteiger partial charge in [-0.25, -0.2) is 0 Å². The van der Waals surface area contributed by atoms with Crippen LogP contribution in [0, 0.1) is 17.3 Å². The first-order valence-corrected chi connectivity index (χ1v) is 8.99. The molecule has 0 bridgehead atoms. The Labute approximate surface area is 146 Å². The fraction of sp³-hybridized carbons (Fsp3) is 0.571. The van der Waals surface area contributed by atoms with E-state index >= 15 is 0 Å². The van der Waals surface area contributed by atoms with Crippen molar-refractivity contribution in [2.75, 3.05) is 11.9 Å². The van der Waals surface area contributed by atoms with Crippen molar-refractivity contribution in [3.63, 3.8) is 0 Å². The predicted molar refractivity (Wildman–Crippen MR) is 102 cm³/mol. The van der Waals surface area contributed by atoms with Gasteiger partial charge in [0, 0.05) is 17.8 Å². The van der Waals surface area contributed by atoms with Gasteiger partial charge in [-0.2, -0.15) is 0 Å². The SMILES string of the molecule is C=C[C@@H]1CCC(CNc2ccccc2)[C@@](C)(C(=O)NC(C)(C)C)C1. The summed E-state index contributed by atoms with van der Waals surface area (Å²) < 4.78 is 0. The van der Waals surface area contributed by atoms with E-state index < -0.39 is 0 Å². The van der Waals surface area contributed by atoms with Crippen molar-refractivity contribution in [3.8, 4) is 0 Å². The minimum Gasteiger partial charge on any atom is -0.385 e. The van der Waals surface area contributed by atoms with Crippen LogP contribution in [0.25, 0.3) is 0 Å². The molecule has 1 aliphatic carbocycles. The van der Waals surface area contributed by atoms with E-state index in [1.807, 2.05) is 45.0 Å². The van der Waals surface area contributed by atoms with Crippen molar-refractivity contribution in [1.82, 2.24) is 5.32 Å². The van der Waals surface area contributed by atoms with Crippen LogP contribution in [0.1, 0.15) is 47.0 Å². The van der Waals surface area contributed by atoms with Crippen LogP contribution in [0.4, 0.5) is 5.69 Å². The molecule has 1 saturated carbocycles. The molecule has 0 saturated heterocycles. The molecule has 0 spiro atoms. The van der Waals surface area contributed by atoms with Gasteiger partial charge in [0.1, 0.15) is 0 Å². The number of hydrogen-bond acceptors (Lipinski definition) is 2. The summed E-state index contributed by atoms with van der Waals surface area (Å²) in [5.74, 6) is 0.909. The third-order valence-corrected chi connectivity index (χ3v) is 5.14. The maximum atomic E-state index is 13.0. The summed E-state index contributed by atoms with van der Waals surface area (Å²) >= 11 is 0. The fourth-order valence-corrected chi connectivity index (χ4v) is 3.63. The van der Waals surface area contributed by atoms with Crippen molar-refractivity contribution in [1.29, 1.82) is 0 Å². The van der Waals surface area contributed by atoms with E-state index in [0.717, 1.165) is 31.5 Å². The number of allylic oxidation sites excluding steroid dienone is 1. The first-order valence-electron chi connectivity index (χ1n) is 8.99. The summed E-state index contributed by atoms with van der Waals surface area (Å²) in [6.45, 7) is 13.0. The van der Waals surface area contributed by atoms with Gasteiger partial charge >= 0.3 is 0 Å². The highest BCUT2D eigenvalue weighted by atomic mass is 16.2. The zero-order valence-corrected chi connectivity index (χ0v) is 15.6. The number of carbonyl (C=O) groups excluding carboxylic acids is 1. The second-order valence-electron chi connectivity index (χ2n) is 8.34. The molecule has 3 nitrogen and oxygen atoms in total. The molecule has 3 atom stereocenters. The zero-order valence-electron chi connectivity index (χ0n) is 15.6. The average Bonchev–Trinajstić information content (AvgIpc) is 2.53. The number of carbonyl (C=O) groups is 1. The summed E-state index contributed by atoms with van der Waals surface area (Å²) in [6.07, 6.45) is 5.05. The molecule has 132 valence electrons. The number of para-hydroxylation sites is 1. The third kappa shape index (κ3) is 4.62. The van der Waals surface area contributed by atoms with Gasteiger partial charge in [0.25, 0.3) is 0 Å². The molecule has 1 unspecified atom stereocenters. The molecule has 1 aromatic carbocycles. The Hall–Kier alpha value is -1.77. The molecule has 1 aromatic rings. The van der Waals surface area contributed by atoms with Crippen LogP contribution in [-0.4, -0.2) is 18.0 Å². The van der Waals surface area contributed by atoms with E-state index in [1.54, 1.807) is 0 Å². The molecule has 2 rings (SSSR count). The lowest BCUT2D eigenvalue weighted by Gasteiger charge is -2.44. The molecule has 1 aliphatic rings. The molecule has 0 heterocycles. The Balaban J connectivity index is 2.13. The molecule has 2 N–H and O–H groups in total. The van der Waals surface area contributed by atoms with Gasteiger partial charge < -0.3 is 10.6 Å². The maximum Gasteiger partial charge on any atom is 0.226 e. The second kappa shape index (κ2) is 7.42. The monoisotopic (exact) mass is 328 g/mol. The molecule has 0 aliphatic heterocycles. The number of amides is 1. The Morgan fingerprint density at radius 3 is 2.54 bits per heavy atom. The van der Waals surface area contributed by atoms with Gasteiger partial charge in [0.15, 0.2) is 0 Å². The summed E-state index contributed by atoms with van der Waals surface area (Å²) in [4.78, 5) is 13.0. The number of nitrogens with one attached hydrogen (secondary N) is 2. The molecular weight excluding hydrogens is 296 g/mol. The molecule has 1 amide bonds. The van der Waals surface area contributed by atoms with Gasteiger partial charge in [-0.15, -0.1) is 6.58 Å². The van der Waals surface area contributed by atoms with E-state index in [4.69, 9.17) is 0 Å². The maximum absolute atomic E-state index is 13.0. The van der Waals surface area contributed by atoms with Crippen LogP contribution in [0.15, 0.2) is 43.0 Å². The molecule has 0 radical (unpaired) electrons. The normalized spacial score (nSPS) is 27.3. The van der Waals surface area contributed by atoms with Crippen molar-refractivity contribution >= 4 is 11.6 Å². The summed E-state index contributed by atoms with van der Waals surface area (Å²) in [5.41, 5.74) is 0.534. The van der Waals surface area contributed by atoms with E-state index in [2.05, 4.69) is 36.3 Å². The molecular formula is C21H32N2O. The van der Waals surface area contributed by atoms with E-state index in [1.165, 1.54) is 0 Å². The van der Waals surface area contributed by atoms with Gasteiger partial charge in [-0.3, -0.25) is 4.79 Å². The standard InChI is InChI=1S/C21H32N2O/c1-6-16-12-13-17(15-22-18-10-8-7-9-11-18)21(5,14-16)19(24)23-20(2,3)4/h6-11,16-17,22H,1,12-15H2,2-5H3,(H,23,24)/t16-,17?,21+/m1/s1. The quantitative estimate of drug-likeness (QED) is 0.774. The van der Waals surface area contributed by atoms with Crippen molar-refractivity contribution in [2.24, 2.45) is 17.3 Å². The summed E-state index contributed by atoms with van der Waals surface area (Å²) in [7, 11) is 0. The number of hydrogen-bond donors (Lipinski definition) is 2. The lowest BCUT2D eigenvalue weighted by atomic mass is 9.63. The highest BCUT2D eigenvalue weighted by Crippen LogP contribution is 2.44. The van der Waals surface area contributed by atoms with Crippen LogP contribution in [0.2, 0.25) is 0 Å². The van der Waals surface area contributed by atoms with E-state index in [0.29, 0.717) is 11.8 Å². The van der Waals surface area contributed by atoms with Gasteiger partial charge in [-0.1, -0.05) is 31.2 Å². The highest BCUT2D eigenvalue weighted by Gasteiger charge is 2.45. The first-order chi connectivity index (χ1) is 11.2. The predicted octanol–water partition coefficient (Wildman–Crippen LogP) is 4.62. The Bertz CT molecular complexity index is 561. The van der Waals surface area contributed by atoms with Crippen molar-refractivity contribution < 1.29 is 4.79 Å². The number of benzene rings is 1. The second-order valence-corrected chi connectivity index (χ2v) is 8.34. The Morgan fingerprint density at radius 2 is 1.96 bits per heavy atom. The third-order valence-electron chi connectivity index (χ3n) is 5.14. The van der Waals surface area contributed by atoms with E-state index in [-0.39, 0.29) is 16.9 Å². The lowest BCUT2D eigenvalue weighted by Crippen LogP contribution is -2.53. The molecule has 3 heteroatoms. The first kappa shape index (κ1) is 18.6. The summed E-state index contributed by atoms with van der Waals surface area (Å²) in [6, 6.07) is 10.2. The number of anilines is 1. The lowest BCUT2D eigenvalue weighted by molar-refractivity contribution is -0.137.